The molecule has 3 aliphatic rings. The van der Waals surface area contributed by atoms with E-state index in [4.69, 9.17) is 9.47 Å². The van der Waals surface area contributed by atoms with E-state index in [0.29, 0.717) is 22.3 Å². The zero-order chi connectivity index (χ0) is 25.3. The van der Waals surface area contributed by atoms with Crippen LogP contribution in [0.3, 0.4) is 0 Å². The van der Waals surface area contributed by atoms with Crippen molar-refractivity contribution in [2.24, 2.45) is 5.92 Å². The minimum atomic E-state index is -1.74. The Bertz CT molecular complexity index is 1300. The van der Waals surface area contributed by atoms with Gasteiger partial charge in [0.1, 0.15) is 12.3 Å². The normalized spacial score (nSPS) is 23.3. The van der Waals surface area contributed by atoms with Gasteiger partial charge < -0.3 is 19.1 Å². The minimum Gasteiger partial charge on any atom is -0.493 e. The number of carbonyl (C=O) groups is 1. The van der Waals surface area contributed by atoms with Gasteiger partial charge in [-0.1, -0.05) is 48.5 Å². The number of piperidine rings is 3. The highest BCUT2D eigenvalue weighted by molar-refractivity contribution is 7.12. The molecule has 1 atom stereocenters. The van der Waals surface area contributed by atoms with E-state index in [9.17, 15) is 9.90 Å². The van der Waals surface area contributed by atoms with E-state index in [2.05, 4.69) is 18.2 Å². The van der Waals surface area contributed by atoms with Crippen molar-refractivity contribution in [2.45, 2.75) is 31.0 Å². The van der Waals surface area contributed by atoms with E-state index in [1.54, 1.807) is 0 Å². The summed E-state index contributed by atoms with van der Waals surface area (Å²) in [6.07, 6.45) is 2.89. The first-order chi connectivity index (χ1) is 18.1. The van der Waals surface area contributed by atoms with Crippen LogP contribution in [0.4, 0.5) is 0 Å². The third-order valence-corrected chi connectivity index (χ3v) is 10.1. The van der Waals surface area contributed by atoms with Gasteiger partial charge >= 0.3 is 5.97 Å². The number of thiophene rings is 2. The molecule has 5 nitrogen and oxygen atoms in total. The summed E-state index contributed by atoms with van der Waals surface area (Å²) in [4.78, 5) is 14.8. The molecule has 3 aliphatic heterocycles. The maximum absolute atomic E-state index is 13.5. The topological polar surface area (TPSA) is 55.8 Å². The maximum atomic E-state index is 13.5. The van der Waals surface area contributed by atoms with E-state index in [0.717, 1.165) is 61.1 Å². The lowest BCUT2D eigenvalue weighted by Gasteiger charge is -2.52. The van der Waals surface area contributed by atoms with Gasteiger partial charge in [0.2, 0.25) is 5.60 Å². The second-order valence-electron chi connectivity index (χ2n) is 10.3. The number of quaternary nitrogens is 1. The molecule has 1 unspecified atom stereocenters. The van der Waals surface area contributed by atoms with Crippen LogP contribution in [0, 0.1) is 5.92 Å². The van der Waals surface area contributed by atoms with Gasteiger partial charge in [-0.25, -0.2) is 4.79 Å². The number of hydrogen-bond donors (Lipinski definition) is 1. The molecule has 7 heteroatoms. The molecule has 37 heavy (non-hydrogen) atoms. The molecule has 2 bridgehead atoms. The van der Waals surface area contributed by atoms with Crippen LogP contribution < -0.4 is 4.74 Å². The van der Waals surface area contributed by atoms with Crippen molar-refractivity contribution < 1.29 is 23.9 Å². The van der Waals surface area contributed by atoms with Gasteiger partial charge in [-0.15, -0.1) is 22.7 Å². The lowest BCUT2D eigenvalue weighted by molar-refractivity contribution is -0.946. The van der Waals surface area contributed by atoms with Gasteiger partial charge in [0.05, 0.1) is 36.0 Å². The average molecular weight is 535 g/mol. The number of aliphatic hydroxyl groups is 1. The number of hydrogen-bond acceptors (Lipinski definition) is 6. The number of ether oxygens (including phenoxy) is 2. The highest BCUT2D eigenvalue weighted by Gasteiger charge is 2.51. The maximum Gasteiger partial charge on any atom is 0.349 e. The van der Waals surface area contributed by atoms with Gasteiger partial charge in [-0.05, 0) is 34.3 Å². The van der Waals surface area contributed by atoms with Crippen molar-refractivity contribution in [3.8, 4) is 5.75 Å². The Morgan fingerprint density at radius 2 is 1.65 bits per heavy atom. The van der Waals surface area contributed by atoms with Gasteiger partial charge in [-0.3, -0.25) is 0 Å². The molecule has 0 saturated carbocycles. The van der Waals surface area contributed by atoms with Gasteiger partial charge in [0.15, 0.2) is 6.10 Å². The van der Waals surface area contributed by atoms with Crippen molar-refractivity contribution in [1.82, 2.24) is 0 Å². The van der Waals surface area contributed by atoms with Crippen LogP contribution in [0.15, 0.2) is 77.5 Å². The van der Waals surface area contributed by atoms with Crippen LogP contribution in [0.5, 0.6) is 5.75 Å². The Balaban J connectivity index is 1.10. The fourth-order valence-corrected chi connectivity index (χ4v) is 7.80. The summed E-state index contributed by atoms with van der Waals surface area (Å²) in [5.41, 5.74) is -1.74. The molecule has 192 valence electrons. The van der Waals surface area contributed by atoms with Crippen LogP contribution in [0.2, 0.25) is 0 Å². The summed E-state index contributed by atoms with van der Waals surface area (Å²) in [6.45, 7) is 4.72. The zero-order valence-corrected chi connectivity index (χ0v) is 22.4. The van der Waals surface area contributed by atoms with Crippen molar-refractivity contribution in [3.63, 3.8) is 0 Å². The first-order valence-electron chi connectivity index (χ1n) is 13.0. The highest BCUT2D eigenvalue weighted by atomic mass is 32.1. The molecule has 5 heterocycles. The van der Waals surface area contributed by atoms with Crippen LogP contribution in [-0.4, -0.2) is 54.4 Å². The Morgan fingerprint density at radius 3 is 2.35 bits per heavy atom. The molecular formula is C30H32NO4S2+. The van der Waals surface area contributed by atoms with E-state index >= 15 is 0 Å². The largest absolute Gasteiger partial charge is 0.493 e. The number of rotatable bonds is 9. The molecule has 2 aromatic heterocycles. The Hall–Kier alpha value is -2.71. The van der Waals surface area contributed by atoms with Crippen molar-refractivity contribution in [3.05, 3.63) is 87.2 Å². The number of esters is 1. The predicted octanol–water partition coefficient (Wildman–Crippen LogP) is 5.82. The minimum absolute atomic E-state index is 0.166. The molecule has 0 spiro atoms. The Morgan fingerprint density at radius 1 is 0.946 bits per heavy atom. The molecule has 2 aromatic carbocycles. The molecule has 1 N–H and O–H groups in total. The monoisotopic (exact) mass is 534 g/mol. The molecular weight excluding hydrogens is 502 g/mol. The van der Waals surface area contributed by atoms with Crippen molar-refractivity contribution >= 4 is 39.4 Å². The SMILES string of the molecule is O=C(OC1C[N+]2(CCCOc3cccc4ccccc34)CCC1CC2)C(O)(c1cccs1)c1cccs1. The summed E-state index contributed by atoms with van der Waals surface area (Å²) in [5.74, 6) is 0.754. The van der Waals surface area contributed by atoms with Gasteiger partial charge in [0, 0.05) is 30.6 Å². The summed E-state index contributed by atoms with van der Waals surface area (Å²) in [5, 5.41) is 17.8. The van der Waals surface area contributed by atoms with Crippen LogP contribution in [0.1, 0.15) is 29.0 Å². The summed E-state index contributed by atoms with van der Waals surface area (Å²) in [6, 6.07) is 21.8. The molecule has 0 radical (unpaired) electrons. The third-order valence-electron chi connectivity index (χ3n) is 8.13. The van der Waals surface area contributed by atoms with E-state index in [1.807, 2.05) is 59.3 Å². The predicted molar refractivity (Wildman–Crippen MR) is 148 cm³/mol. The summed E-state index contributed by atoms with van der Waals surface area (Å²) < 4.78 is 13.3. The van der Waals surface area contributed by atoms with E-state index in [-0.39, 0.29) is 6.10 Å². The van der Waals surface area contributed by atoms with Crippen LogP contribution in [-0.2, 0) is 15.1 Å². The number of nitrogens with zero attached hydrogens (tertiary/aromatic N) is 1. The third kappa shape index (κ3) is 4.70. The molecule has 0 amide bonds. The molecule has 3 fully saturated rings. The van der Waals surface area contributed by atoms with E-state index in [1.165, 1.54) is 28.1 Å². The first-order valence-corrected chi connectivity index (χ1v) is 14.8. The van der Waals surface area contributed by atoms with Crippen LogP contribution in [0.25, 0.3) is 10.8 Å². The number of carbonyl (C=O) groups excluding carboxylic acids is 1. The second-order valence-corrected chi connectivity index (χ2v) is 12.2. The Kier molecular flexibility index (Phi) is 6.80. The molecule has 7 rings (SSSR count). The lowest BCUT2D eigenvalue weighted by atomic mass is 9.83. The molecule has 4 aromatic rings. The van der Waals surface area contributed by atoms with E-state index < -0.39 is 11.6 Å². The summed E-state index contributed by atoms with van der Waals surface area (Å²) in [7, 11) is 0. The smallest absolute Gasteiger partial charge is 0.349 e. The lowest BCUT2D eigenvalue weighted by Crippen LogP contribution is -2.65. The quantitative estimate of drug-likeness (QED) is 0.167. The van der Waals surface area contributed by atoms with Crippen LogP contribution >= 0.6 is 22.7 Å². The Labute approximate surface area is 225 Å². The molecule has 0 aliphatic carbocycles. The van der Waals surface area contributed by atoms with Gasteiger partial charge in [-0.2, -0.15) is 0 Å². The fraction of sp³-hybridized carbons (Fsp3) is 0.367. The number of benzene rings is 2. The van der Waals surface area contributed by atoms with Gasteiger partial charge in [0.25, 0.3) is 0 Å². The fourth-order valence-electron chi connectivity index (χ4n) is 6.09. The van der Waals surface area contributed by atoms with Crippen molar-refractivity contribution in [1.29, 1.82) is 0 Å². The van der Waals surface area contributed by atoms with Crippen molar-refractivity contribution in [2.75, 3.05) is 32.8 Å². The molecule has 3 saturated heterocycles. The highest BCUT2D eigenvalue weighted by Crippen LogP contribution is 2.40. The summed E-state index contributed by atoms with van der Waals surface area (Å²) >= 11 is 2.77. The zero-order valence-electron chi connectivity index (χ0n) is 20.8. The average Bonchev–Trinajstić information content (AvgIpc) is 3.67. The number of fused-ring (bicyclic) bond motifs is 4. The first kappa shape index (κ1) is 24.6. The second kappa shape index (κ2) is 10.2. The standard InChI is InChI=1S/C30H32NO4S2/c32-29(30(33,27-11-4-19-36-27)28-12-5-20-37-28)35-26-21-31(16-13-23(26)14-17-31)15-6-18-34-25-10-3-8-22-7-1-2-9-24(22)25/h1-5,7-12,19-20,23,26,33H,6,13-18,21H2/q+1.